The van der Waals surface area contributed by atoms with Crippen molar-refractivity contribution < 1.29 is 9.59 Å². The molecule has 0 N–H and O–H groups in total. The second-order valence-electron chi connectivity index (χ2n) is 7.87. The molecule has 0 unspecified atom stereocenters. The third kappa shape index (κ3) is 4.90. The minimum absolute atomic E-state index is 0.0918. The summed E-state index contributed by atoms with van der Waals surface area (Å²) in [6.07, 6.45) is 5.42. The zero-order valence-electron chi connectivity index (χ0n) is 17.1. The van der Waals surface area contributed by atoms with E-state index in [1.807, 2.05) is 36.1 Å². The van der Waals surface area contributed by atoms with Crippen molar-refractivity contribution in [1.82, 2.24) is 19.8 Å². The molecular weight excluding hydrogens is 402 g/mol. The van der Waals surface area contributed by atoms with Crippen LogP contribution < -0.4 is 4.90 Å². The number of halogens is 1. The monoisotopic (exact) mass is 427 g/mol. The first kappa shape index (κ1) is 20.6. The van der Waals surface area contributed by atoms with E-state index in [1.54, 1.807) is 11.1 Å². The van der Waals surface area contributed by atoms with Gasteiger partial charge in [-0.15, -0.1) is 0 Å². The van der Waals surface area contributed by atoms with E-state index in [9.17, 15) is 9.59 Å². The summed E-state index contributed by atoms with van der Waals surface area (Å²) in [5.41, 5.74) is 2.20. The largest absolute Gasteiger partial charge is 0.368 e. The van der Waals surface area contributed by atoms with Gasteiger partial charge in [0.1, 0.15) is 5.69 Å². The van der Waals surface area contributed by atoms with Crippen molar-refractivity contribution in [1.29, 1.82) is 0 Å². The molecule has 7 nitrogen and oxygen atoms in total. The van der Waals surface area contributed by atoms with Gasteiger partial charge in [0.15, 0.2) is 0 Å². The summed E-state index contributed by atoms with van der Waals surface area (Å²) >= 11 is 6.09. The van der Waals surface area contributed by atoms with Gasteiger partial charge in [0.2, 0.25) is 5.91 Å². The molecule has 0 radical (unpaired) electrons. The number of benzene rings is 1. The van der Waals surface area contributed by atoms with Crippen LogP contribution in [0.3, 0.4) is 0 Å². The Morgan fingerprint density at radius 1 is 1.13 bits per heavy atom. The van der Waals surface area contributed by atoms with Gasteiger partial charge in [0.05, 0.1) is 11.9 Å². The highest BCUT2D eigenvalue weighted by molar-refractivity contribution is 6.30. The fourth-order valence-corrected chi connectivity index (χ4v) is 3.93. The lowest BCUT2D eigenvalue weighted by Gasteiger charge is -2.36. The molecule has 1 aromatic heterocycles. The van der Waals surface area contributed by atoms with Gasteiger partial charge < -0.3 is 14.7 Å². The van der Waals surface area contributed by atoms with Crippen molar-refractivity contribution >= 4 is 29.1 Å². The standard InChI is InChI=1S/C22H26ClN5O2/c1-16-14-25-20(15-24-16)22(30)28(18-5-6-18)8-7-21(29)27-11-9-26(10-12-27)19-4-2-3-17(23)13-19/h2-4,13-15,18H,5-12H2,1H3. The maximum Gasteiger partial charge on any atom is 0.274 e. The van der Waals surface area contributed by atoms with E-state index in [0.717, 1.165) is 37.3 Å². The van der Waals surface area contributed by atoms with E-state index < -0.39 is 0 Å². The van der Waals surface area contributed by atoms with Crippen LogP contribution in [-0.2, 0) is 4.79 Å². The Labute approximate surface area is 181 Å². The van der Waals surface area contributed by atoms with Crippen LogP contribution >= 0.6 is 11.6 Å². The van der Waals surface area contributed by atoms with Crippen LogP contribution in [0, 0.1) is 6.92 Å². The number of carbonyl (C=O) groups is 2. The van der Waals surface area contributed by atoms with E-state index in [2.05, 4.69) is 14.9 Å². The van der Waals surface area contributed by atoms with Crippen molar-refractivity contribution in [2.24, 2.45) is 0 Å². The SMILES string of the molecule is Cc1cnc(C(=O)N(CCC(=O)N2CCN(c3cccc(Cl)c3)CC2)C2CC2)cn1. The van der Waals surface area contributed by atoms with Crippen LogP contribution in [0.2, 0.25) is 5.02 Å². The summed E-state index contributed by atoms with van der Waals surface area (Å²) in [6.45, 7) is 5.15. The smallest absolute Gasteiger partial charge is 0.274 e. The van der Waals surface area contributed by atoms with Gasteiger partial charge in [-0.2, -0.15) is 0 Å². The highest BCUT2D eigenvalue weighted by atomic mass is 35.5. The number of anilines is 1. The van der Waals surface area contributed by atoms with Crippen molar-refractivity contribution in [3.8, 4) is 0 Å². The molecule has 0 spiro atoms. The zero-order chi connectivity index (χ0) is 21.1. The third-order valence-corrected chi connectivity index (χ3v) is 5.86. The molecule has 8 heteroatoms. The van der Waals surface area contributed by atoms with Crippen LogP contribution in [0.5, 0.6) is 0 Å². The molecule has 0 atom stereocenters. The van der Waals surface area contributed by atoms with Gasteiger partial charge in [0.25, 0.3) is 5.91 Å². The first-order chi connectivity index (χ1) is 14.5. The highest BCUT2D eigenvalue weighted by Gasteiger charge is 2.34. The zero-order valence-corrected chi connectivity index (χ0v) is 17.9. The predicted molar refractivity (Wildman–Crippen MR) is 116 cm³/mol. The molecule has 2 fully saturated rings. The summed E-state index contributed by atoms with van der Waals surface area (Å²) in [5, 5.41) is 0.717. The summed E-state index contributed by atoms with van der Waals surface area (Å²) in [5.74, 6) is -0.0437. The van der Waals surface area contributed by atoms with E-state index in [1.165, 1.54) is 6.20 Å². The minimum Gasteiger partial charge on any atom is -0.368 e. The van der Waals surface area contributed by atoms with Gasteiger partial charge in [0, 0.05) is 62.1 Å². The predicted octanol–water partition coefficient (Wildman–Crippen LogP) is 2.78. The molecule has 2 heterocycles. The van der Waals surface area contributed by atoms with Crippen molar-refractivity contribution in [2.45, 2.75) is 32.2 Å². The van der Waals surface area contributed by atoms with E-state index in [0.29, 0.717) is 36.8 Å². The number of amides is 2. The molecule has 1 aliphatic carbocycles. The van der Waals surface area contributed by atoms with Gasteiger partial charge in [-0.25, -0.2) is 4.98 Å². The number of carbonyl (C=O) groups excluding carboxylic acids is 2. The molecule has 1 aliphatic heterocycles. The highest BCUT2D eigenvalue weighted by Crippen LogP contribution is 2.28. The molecule has 2 aliphatic rings. The summed E-state index contributed by atoms with van der Waals surface area (Å²) in [6, 6.07) is 8.01. The maximum absolute atomic E-state index is 12.8. The summed E-state index contributed by atoms with van der Waals surface area (Å²) in [4.78, 5) is 39.9. The van der Waals surface area contributed by atoms with E-state index in [-0.39, 0.29) is 17.9 Å². The second-order valence-corrected chi connectivity index (χ2v) is 8.31. The first-order valence-electron chi connectivity index (χ1n) is 10.4. The molecule has 1 aromatic carbocycles. The third-order valence-electron chi connectivity index (χ3n) is 5.62. The topological polar surface area (TPSA) is 69.6 Å². The second kappa shape index (κ2) is 9.00. The van der Waals surface area contributed by atoms with Crippen LogP contribution in [0.25, 0.3) is 0 Å². The average Bonchev–Trinajstić information content (AvgIpc) is 3.59. The Morgan fingerprint density at radius 2 is 1.90 bits per heavy atom. The van der Waals surface area contributed by atoms with E-state index in [4.69, 9.17) is 11.6 Å². The molecule has 0 bridgehead atoms. The lowest BCUT2D eigenvalue weighted by molar-refractivity contribution is -0.131. The number of rotatable bonds is 6. The Balaban J connectivity index is 1.30. The quantitative estimate of drug-likeness (QED) is 0.709. The van der Waals surface area contributed by atoms with Crippen LogP contribution in [-0.4, -0.2) is 70.3 Å². The normalized spacial score (nSPS) is 16.5. The minimum atomic E-state index is -0.136. The molecule has 158 valence electrons. The number of nitrogens with zero attached hydrogens (tertiary/aromatic N) is 5. The number of hydrogen-bond donors (Lipinski definition) is 0. The van der Waals surface area contributed by atoms with Gasteiger partial charge in [-0.05, 0) is 38.0 Å². The summed E-state index contributed by atoms with van der Waals surface area (Å²) < 4.78 is 0. The number of piperazine rings is 1. The Bertz CT molecular complexity index is 908. The average molecular weight is 428 g/mol. The molecule has 2 aromatic rings. The number of aryl methyl sites for hydroxylation is 1. The molecule has 1 saturated heterocycles. The van der Waals surface area contributed by atoms with Crippen LogP contribution in [0.4, 0.5) is 5.69 Å². The Kier molecular flexibility index (Phi) is 6.18. The fourth-order valence-electron chi connectivity index (χ4n) is 3.75. The lowest BCUT2D eigenvalue weighted by atomic mass is 10.2. The van der Waals surface area contributed by atoms with Gasteiger partial charge >= 0.3 is 0 Å². The molecule has 1 saturated carbocycles. The first-order valence-corrected chi connectivity index (χ1v) is 10.8. The number of aromatic nitrogens is 2. The maximum atomic E-state index is 12.8. The van der Waals surface area contributed by atoms with Crippen LogP contribution in [0.1, 0.15) is 35.4 Å². The molecular formula is C22H26ClN5O2. The Hall–Kier alpha value is -2.67. The fraction of sp³-hybridized carbons (Fsp3) is 0.455. The van der Waals surface area contributed by atoms with Crippen molar-refractivity contribution in [2.75, 3.05) is 37.6 Å². The van der Waals surface area contributed by atoms with Gasteiger partial charge in [-0.1, -0.05) is 17.7 Å². The van der Waals surface area contributed by atoms with E-state index >= 15 is 0 Å². The van der Waals surface area contributed by atoms with Crippen LogP contribution in [0.15, 0.2) is 36.7 Å². The van der Waals surface area contributed by atoms with Crippen molar-refractivity contribution in [3.63, 3.8) is 0 Å². The lowest BCUT2D eigenvalue weighted by Crippen LogP contribution is -2.49. The van der Waals surface area contributed by atoms with Gasteiger partial charge in [-0.3, -0.25) is 14.6 Å². The Morgan fingerprint density at radius 3 is 2.53 bits per heavy atom. The summed E-state index contributed by atoms with van der Waals surface area (Å²) in [7, 11) is 0. The molecule has 4 rings (SSSR count). The molecule has 2 amide bonds. The molecule has 30 heavy (non-hydrogen) atoms. The van der Waals surface area contributed by atoms with Crippen molar-refractivity contribution in [3.05, 3.63) is 53.1 Å². The number of hydrogen-bond acceptors (Lipinski definition) is 5.